The van der Waals surface area contributed by atoms with Crippen LogP contribution in [0.2, 0.25) is 0 Å². The Balaban J connectivity index is 0. The summed E-state index contributed by atoms with van der Waals surface area (Å²) in [4.78, 5) is 29.9. The summed E-state index contributed by atoms with van der Waals surface area (Å²) in [5, 5.41) is 26.7. The van der Waals surface area contributed by atoms with Gasteiger partial charge in [0.05, 0.1) is 6.54 Å². The number of rotatable bonds is 7. The lowest BCUT2D eigenvalue weighted by molar-refractivity contribution is -0.368. The minimum atomic E-state index is -5.19. The molecule has 0 saturated carbocycles. The Morgan fingerprint density at radius 3 is 2.00 bits per heavy atom. The summed E-state index contributed by atoms with van der Waals surface area (Å²) in [6.45, 7) is 1.04. The average Bonchev–Trinajstić information content (AvgIpc) is 2.40. The third-order valence-corrected chi connectivity index (χ3v) is 1.97. The molecule has 0 radical (unpaired) electrons. The van der Waals surface area contributed by atoms with Crippen LogP contribution in [0.4, 0.5) is 13.2 Å². The molecule has 0 heterocycles. The van der Waals surface area contributed by atoms with Crippen LogP contribution < -0.4 is 10.8 Å². The zero-order chi connectivity index (χ0) is 17.8. The van der Waals surface area contributed by atoms with Gasteiger partial charge in [-0.15, -0.1) is 0 Å². The van der Waals surface area contributed by atoms with Gasteiger partial charge < -0.3 is 20.7 Å². The molecule has 11 heteroatoms. The summed E-state index contributed by atoms with van der Waals surface area (Å²) in [5.41, 5.74) is 3.67. The molecule has 0 aromatic carbocycles. The molecule has 0 fully saturated rings. The van der Waals surface area contributed by atoms with Gasteiger partial charge in [-0.3, -0.25) is 10.0 Å². The first-order valence-corrected chi connectivity index (χ1v) is 6.01. The van der Waals surface area contributed by atoms with E-state index in [2.05, 4.69) is 5.73 Å². The molecule has 1 amide bonds. The highest BCUT2D eigenvalue weighted by atomic mass is 19.4. The van der Waals surface area contributed by atoms with Crippen molar-refractivity contribution >= 4 is 17.8 Å². The number of aliphatic carboxylic acids is 2. The normalized spacial score (nSPS) is 10.8. The topological polar surface area (TPSA) is 146 Å². The van der Waals surface area contributed by atoms with E-state index >= 15 is 0 Å². The van der Waals surface area contributed by atoms with Crippen molar-refractivity contribution in [2.45, 2.75) is 25.4 Å². The number of alkyl halides is 3. The van der Waals surface area contributed by atoms with Crippen LogP contribution in [0.1, 0.15) is 19.3 Å². The highest BCUT2D eigenvalue weighted by molar-refractivity contribution is 5.93. The summed E-state index contributed by atoms with van der Waals surface area (Å²) in [6.07, 6.45) is -1.16. The monoisotopic (exact) mass is 330 g/mol. The third-order valence-electron chi connectivity index (χ3n) is 1.97. The van der Waals surface area contributed by atoms with E-state index in [1.165, 1.54) is 0 Å². The largest absolute Gasteiger partial charge is 0.542 e. The third kappa shape index (κ3) is 14.3. The quantitative estimate of drug-likeness (QED) is 0.225. The molecule has 0 aliphatic rings. The molecular formula is C11H17F3N2O6. The van der Waals surface area contributed by atoms with Gasteiger partial charge in [0, 0.05) is 18.7 Å². The number of unbranched alkanes of at least 4 members (excludes halogenated alkanes) is 2. The Morgan fingerprint density at radius 1 is 1.14 bits per heavy atom. The van der Waals surface area contributed by atoms with Crippen molar-refractivity contribution < 1.29 is 48.7 Å². The van der Waals surface area contributed by atoms with Crippen LogP contribution in [0.25, 0.3) is 0 Å². The highest BCUT2D eigenvalue weighted by Crippen LogP contribution is 2.11. The maximum atomic E-state index is 11.0. The predicted molar refractivity (Wildman–Crippen MR) is 62.9 cm³/mol. The van der Waals surface area contributed by atoms with Crippen LogP contribution in [-0.2, 0) is 14.4 Å². The van der Waals surface area contributed by atoms with Crippen molar-refractivity contribution in [1.29, 1.82) is 0 Å². The lowest BCUT2D eigenvalue weighted by atomic mass is 10.2. The van der Waals surface area contributed by atoms with E-state index in [1.54, 1.807) is 0 Å². The fourth-order valence-electron chi connectivity index (χ4n) is 0.954. The maximum Gasteiger partial charge on any atom is 0.430 e. The molecule has 0 aromatic rings. The molecular weight excluding hydrogens is 313 g/mol. The molecule has 8 nitrogen and oxygen atoms in total. The number of nitrogens with zero attached hydrogens (tertiary/aromatic N) is 1. The van der Waals surface area contributed by atoms with Crippen LogP contribution in [0.3, 0.4) is 0 Å². The molecule has 0 spiro atoms. The van der Waals surface area contributed by atoms with Crippen LogP contribution >= 0.6 is 0 Å². The van der Waals surface area contributed by atoms with Gasteiger partial charge >= 0.3 is 12.1 Å². The molecule has 0 rings (SSSR count). The van der Waals surface area contributed by atoms with E-state index in [0.717, 1.165) is 25.5 Å². The lowest BCUT2D eigenvalue weighted by Gasteiger charge is -2.11. The number of quaternary nitrogens is 1. The standard InChI is InChI=1S/C9H16N2O4.C2HF3O2/c10-6-2-1-3-7-11(15)8(12)4-5-9(13)14;3-2(4,5)1(6)7/h4-5,15H,1-3,6-7,10H2,(H,13,14);(H,6,7)/b5-4+;. The first-order valence-electron chi connectivity index (χ1n) is 6.01. The van der Waals surface area contributed by atoms with E-state index in [0.29, 0.717) is 17.6 Å². The first-order chi connectivity index (χ1) is 10.0. The molecule has 0 saturated heterocycles. The SMILES string of the molecule is O=C([O-])C(F)(F)F.[NH3+]CCCCCN(O)C(=O)/C=C/C(=O)O. The molecule has 0 aliphatic carbocycles. The van der Waals surface area contributed by atoms with Crippen molar-refractivity contribution in [2.24, 2.45) is 0 Å². The summed E-state index contributed by atoms with van der Waals surface area (Å²) < 4.78 is 31.5. The molecule has 0 unspecified atom stereocenters. The van der Waals surface area contributed by atoms with Crippen molar-refractivity contribution in [3.63, 3.8) is 0 Å². The number of halogens is 3. The molecule has 5 N–H and O–H groups in total. The molecule has 0 bridgehead atoms. The fourth-order valence-corrected chi connectivity index (χ4v) is 0.954. The van der Waals surface area contributed by atoms with Crippen LogP contribution in [0, 0.1) is 0 Å². The smallest absolute Gasteiger partial charge is 0.430 e. The zero-order valence-electron chi connectivity index (χ0n) is 11.5. The Bertz CT molecular complexity index is 398. The molecule has 128 valence electrons. The average molecular weight is 330 g/mol. The van der Waals surface area contributed by atoms with Crippen molar-refractivity contribution in [3.8, 4) is 0 Å². The second kappa shape index (κ2) is 11.5. The number of amides is 1. The Kier molecular flexibility index (Phi) is 11.6. The molecule has 22 heavy (non-hydrogen) atoms. The number of carboxylic acid groups (broad SMARTS) is 2. The van der Waals surface area contributed by atoms with Crippen molar-refractivity contribution in [2.75, 3.05) is 13.1 Å². The van der Waals surface area contributed by atoms with Gasteiger partial charge in [-0.1, -0.05) is 0 Å². The fraction of sp³-hybridized carbons (Fsp3) is 0.545. The van der Waals surface area contributed by atoms with E-state index in [9.17, 15) is 22.8 Å². The van der Waals surface area contributed by atoms with Gasteiger partial charge in [-0.05, 0) is 19.3 Å². The maximum absolute atomic E-state index is 11.0. The molecule has 0 aromatic heterocycles. The first kappa shape index (κ1) is 22.1. The van der Waals surface area contributed by atoms with E-state index < -0.39 is 24.0 Å². The lowest BCUT2D eigenvalue weighted by Crippen LogP contribution is -2.50. The number of carboxylic acids is 2. The Hall–Kier alpha value is -2.14. The highest BCUT2D eigenvalue weighted by Gasteiger charge is 2.28. The van der Waals surface area contributed by atoms with Gasteiger partial charge in [-0.25, -0.2) is 9.86 Å². The van der Waals surface area contributed by atoms with Crippen LogP contribution in [0.15, 0.2) is 12.2 Å². The Morgan fingerprint density at radius 2 is 1.64 bits per heavy atom. The number of hydrogen-bond acceptors (Lipinski definition) is 5. The van der Waals surface area contributed by atoms with Gasteiger partial charge in [0.1, 0.15) is 5.97 Å². The van der Waals surface area contributed by atoms with Crippen molar-refractivity contribution in [1.82, 2.24) is 5.06 Å². The summed E-state index contributed by atoms with van der Waals surface area (Å²) in [5.74, 6) is -4.94. The molecule has 0 aliphatic heterocycles. The van der Waals surface area contributed by atoms with E-state index in [4.69, 9.17) is 20.2 Å². The Labute approximate surface area is 123 Å². The second-order valence-electron chi connectivity index (χ2n) is 3.83. The second-order valence-corrected chi connectivity index (χ2v) is 3.83. The minimum Gasteiger partial charge on any atom is -0.542 e. The van der Waals surface area contributed by atoms with E-state index in [-0.39, 0.29) is 6.54 Å². The van der Waals surface area contributed by atoms with Crippen molar-refractivity contribution in [3.05, 3.63) is 12.2 Å². The number of carbonyl (C=O) groups is 3. The van der Waals surface area contributed by atoms with Gasteiger partial charge in [0.25, 0.3) is 5.91 Å². The molecule has 0 atom stereocenters. The van der Waals surface area contributed by atoms with Gasteiger partial charge in [-0.2, -0.15) is 13.2 Å². The summed E-state index contributed by atoms with van der Waals surface area (Å²) >= 11 is 0. The van der Waals surface area contributed by atoms with Gasteiger partial charge in [0.2, 0.25) is 0 Å². The summed E-state index contributed by atoms with van der Waals surface area (Å²) in [7, 11) is 0. The number of carbonyl (C=O) groups excluding carboxylic acids is 2. The summed E-state index contributed by atoms with van der Waals surface area (Å²) in [6, 6.07) is 0. The zero-order valence-corrected chi connectivity index (χ0v) is 11.5. The number of hydrogen-bond donors (Lipinski definition) is 3. The minimum absolute atomic E-state index is 0.211. The van der Waals surface area contributed by atoms with Gasteiger partial charge in [0.15, 0.2) is 0 Å². The van der Waals surface area contributed by atoms with E-state index in [1.807, 2.05) is 0 Å². The number of hydroxylamine groups is 2. The van der Waals surface area contributed by atoms with Crippen LogP contribution in [-0.4, -0.2) is 52.5 Å². The predicted octanol–water partition coefficient (Wildman–Crippen LogP) is -1.44. The van der Waals surface area contributed by atoms with Crippen LogP contribution in [0.5, 0.6) is 0 Å².